The van der Waals surface area contributed by atoms with E-state index in [9.17, 15) is 14.4 Å². The van der Waals surface area contributed by atoms with Crippen molar-refractivity contribution in [1.29, 1.82) is 0 Å². The second-order valence-corrected chi connectivity index (χ2v) is 6.61. The molecule has 0 aromatic carbocycles. The Balaban J connectivity index is 1.83. The minimum Gasteiger partial charge on any atom is -0.481 e. The molecule has 0 radical (unpaired) electrons. The standard InChI is InChI=1S/C15H20N2O4S/c1-9-5-6-10-11(8-22-12(10)7-9)15(21)17-16-13(18)3-2-4-14(19)20/h8-9H,2-7H2,1H3,(H,16,18)(H,17,21)(H,19,20)/t9-/m0/s1. The lowest BCUT2D eigenvalue weighted by Crippen LogP contribution is -2.41. The molecule has 0 bridgehead atoms. The van der Waals surface area contributed by atoms with Crippen molar-refractivity contribution in [3.05, 3.63) is 21.4 Å². The van der Waals surface area contributed by atoms with Gasteiger partial charge in [-0.15, -0.1) is 11.3 Å². The van der Waals surface area contributed by atoms with Crippen molar-refractivity contribution in [2.24, 2.45) is 5.92 Å². The molecular weight excluding hydrogens is 304 g/mol. The van der Waals surface area contributed by atoms with Crippen LogP contribution in [-0.2, 0) is 22.4 Å². The van der Waals surface area contributed by atoms with Gasteiger partial charge in [-0.25, -0.2) is 0 Å². The van der Waals surface area contributed by atoms with E-state index < -0.39 is 5.97 Å². The Morgan fingerprint density at radius 1 is 1.32 bits per heavy atom. The highest BCUT2D eigenvalue weighted by molar-refractivity contribution is 7.10. The fraction of sp³-hybridized carbons (Fsp3) is 0.533. The van der Waals surface area contributed by atoms with Crippen LogP contribution in [0.25, 0.3) is 0 Å². The highest BCUT2D eigenvalue weighted by Gasteiger charge is 2.23. The molecule has 2 amide bonds. The van der Waals surface area contributed by atoms with E-state index in [0.717, 1.165) is 24.8 Å². The number of carboxylic acid groups (broad SMARTS) is 1. The third-order valence-corrected chi connectivity index (χ3v) is 4.81. The number of fused-ring (bicyclic) bond motifs is 1. The van der Waals surface area contributed by atoms with E-state index >= 15 is 0 Å². The largest absolute Gasteiger partial charge is 0.481 e. The minimum atomic E-state index is -0.934. The van der Waals surface area contributed by atoms with Crippen molar-refractivity contribution in [3.8, 4) is 0 Å². The number of thiophene rings is 1. The summed E-state index contributed by atoms with van der Waals surface area (Å²) in [5, 5.41) is 10.3. The number of carbonyl (C=O) groups excluding carboxylic acids is 2. The molecule has 0 unspecified atom stereocenters. The molecule has 6 nitrogen and oxygen atoms in total. The maximum atomic E-state index is 12.1. The number of carbonyl (C=O) groups is 3. The monoisotopic (exact) mass is 324 g/mol. The van der Waals surface area contributed by atoms with Crippen molar-refractivity contribution >= 4 is 29.1 Å². The number of rotatable bonds is 5. The topological polar surface area (TPSA) is 95.5 Å². The quantitative estimate of drug-likeness (QED) is 0.721. The molecule has 0 spiro atoms. The van der Waals surface area contributed by atoms with E-state index in [4.69, 9.17) is 5.11 Å². The number of nitrogens with one attached hydrogen (secondary N) is 2. The summed E-state index contributed by atoms with van der Waals surface area (Å²) in [5.74, 6) is -0.974. The van der Waals surface area contributed by atoms with Crippen molar-refractivity contribution < 1.29 is 19.5 Å². The Hall–Kier alpha value is -1.89. The molecule has 0 aliphatic heterocycles. The lowest BCUT2D eigenvalue weighted by Gasteiger charge is -2.18. The van der Waals surface area contributed by atoms with E-state index in [1.807, 2.05) is 5.38 Å². The highest BCUT2D eigenvalue weighted by Crippen LogP contribution is 2.32. The lowest BCUT2D eigenvalue weighted by atomic mass is 9.88. The van der Waals surface area contributed by atoms with Crippen LogP contribution in [-0.4, -0.2) is 22.9 Å². The molecule has 120 valence electrons. The third kappa shape index (κ3) is 4.30. The summed E-state index contributed by atoms with van der Waals surface area (Å²) >= 11 is 1.60. The van der Waals surface area contributed by atoms with Crippen LogP contribution in [0, 0.1) is 5.92 Å². The SMILES string of the molecule is C[C@H]1CCc2c(C(=O)NNC(=O)CCCC(=O)O)csc2C1. The van der Waals surface area contributed by atoms with E-state index in [-0.39, 0.29) is 31.1 Å². The Kier molecular flexibility index (Phi) is 5.54. The van der Waals surface area contributed by atoms with Gasteiger partial charge in [-0.1, -0.05) is 6.92 Å². The second-order valence-electron chi connectivity index (χ2n) is 5.65. The average molecular weight is 324 g/mol. The molecule has 1 aliphatic carbocycles. The normalized spacial score (nSPS) is 16.7. The predicted molar refractivity (Wildman–Crippen MR) is 82.6 cm³/mol. The van der Waals surface area contributed by atoms with Crippen molar-refractivity contribution in [1.82, 2.24) is 10.9 Å². The summed E-state index contributed by atoms with van der Waals surface area (Å²) in [6.07, 6.45) is 3.25. The third-order valence-electron chi connectivity index (χ3n) is 3.76. The fourth-order valence-corrected chi connectivity index (χ4v) is 3.77. The zero-order valence-corrected chi connectivity index (χ0v) is 13.3. The smallest absolute Gasteiger partial charge is 0.303 e. The van der Waals surface area contributed by atoms with Crippen molar-refractivity contribution in [2.75, 3.05) is 0 Å². The molecule has 0 saturated heterocycles. The van der Waals surface area contributed by atoms with Crippen LogP contribution in [0.5, 0.6) is 0 Å². The van der Waals surface area contributed by atoms with Gasteiger partial charge >= 0.3 is 5.97 Å². The molecule has 1 aromatic rings. The van der Waals surface area contributed by atoms with E-state index in [2.05, 4.69) is 17.8 Å². The second kappa shape index (κ2) is 7.40. The number of carboxylic acids is 1. The first-order valence-corrected chi connectivity index (χ1v) is 8.25. The summed E-state index contributed by atoms with van der Waals surface area (Å²) in [7, 11) is 0. The number of hydrogen-bond donors (Lipinski definition) is 3. The number of amides is 2. The Morgan fingerprint density at radius 2 is 2.09 bits per heavy atom. The van der Waals surface area contributed by atoms with E-state index in [1.165, 1.54) is 4.88 Å². The van der Waals surface area contributed by atoms with Gasteiger partial charge in [-0.2, -0.15) is 0 Å². The first kappa shape index (κ1) is 16.5. The zero-order chi connectivity index (χ0) is 16.1. The summed E-state index contributed by atoms with van der Waals surface area (Å²) < 4.78 is 0. The van der Waals surface area contributed by atoms with Crippen LogP contribution in [0.1, 0.15) is 53.4 Å². The highest BCUT2D eigenvalue weighted by atomic mass is 32.1. The summed E-state index contributed by atoms with van der Waals surface area (Å²) in [6, 6.07) is 0. The van der Waals surface area contributed by atoms with Gasteiger partial charge in [0.2, 0.25) is 5.91 Å². The van der Waals surface area contributed by atoms with Crippen molar-refractivity contribution in [2.45, 2.75) is 45.4 Å². The molecule has 1 aliphatic rings. The Morgan fingerprint density at radius 3 is 2.82 bits per heavy atom. The van der Waals surface area contributed by atoms with Gasteiger partial charge in [-0.3, -0.25) is 25.2 Å². The van der Waals surface area contributed by atoms with Gasteiger partial charge in [0.1, 0.15) is 0 Å². The molecule has 0 fully saturated rings. The van der Waals surface area contributed by atoms with Gasteiger partial charge in [0.05, 0.1) is 5.56 Å². The van der Waals surface area contributed by atoms with Crippen LogP contribution >= 0.6 is 11.3 Å². The van der Waals surface area contributed by atoms with Crippen LogP contribution in [0.15, 0.2) is 5.38 Å². The molecule has 2 rings (SSSR count). The van der Waals surface area contributed by atoms with Crippen LogP contribution in [0.2, 0.25) is 0 Å². The van der Waals surface area contributed by atoms with Gasteiger partial charge in [-0.05, 0) is 37.2 Å². The molecular formula is C15H20N2O4S. The van der Waals surface area contributed by atoms with Gasteiger partial charge in [0.25, 0.3) is 5.91 Å². The van der Waals surface area contributed by atoms with Crippen molar-refractivity contribution in [3.63, 3.8) is 0 Å². The first-order chi connectivity index (χ1) is 10.5. The summed E-state index contributed by atoms with van der Waals surface area (Å²) in [4.78, 5) is 35.3. The zero-order valence-electron chi connectivity index (χ0n) is 12.5. The molecule has 22 heavy (non-hydrogen) atoms. The van der Waals surface area contributed by atoms with E-state index in [1.54, 1.807) is 11.3 Å². The average Bonchev–Trinajstić information content (AvgIpc) is 2.87. The Bertz CT molecular complexity index is 582. The molecule has 1 aromatic heterocycles. The van der Waals surface area contributed by atoms with Gasteiger partial charge in [0, 0.05) is 23.1 Å². The maximum absolute atomic E-state index is 12.1. The lowest BCUT2D eigenvalue weighted by molar-refractivity contribution is -0.137. The molecule has 1 heterocycles. The van der Waals surface area contributed by atoms with E-state index in [0.29, 0.717) is 11.5 Å². The maximum Gasteiger partial charge on any atom is 0.303 e. The minimum absolute atomic E-state index is 0.0579. The fourth-order valence-electron chi connectivity index (χ4n) is 2.52. The van der Waals surface area contributed by atoms with Gasteiger partial charge in [0.15, 0.2) is 0 Å². The van der Waals surface area contributed by atoms with Crippen LogP contribution in [0.4, 0.5) is 0 Å². The number of hydrazine groups is 1. The Labute approximate surface area is 132 Å². The van der Waals surface area contributed by atoms with Gasteiger partial charge < -0.3 is 5.11 Å². The summed E-state index contributed by atoms with van der Waals surface area (Å²) in [6.45, 7) is 2.21. The summed E-state index contributed by atoms with van der Waals surface area (Å²) in [5.41, 5.74) is 6.47. The molecule has 3 N–H and O–H groups in total. The predicted octanol–water partition coefficient (Wildman–Crippen LogP) is 1.89. The van der Waals surface area contributed by atoms with Crippen LogP contribution < -0.4 is 10.9 Å². The molecule has 7 heteroatoms. The number of aliphatic carboxylic acids is 1. The number of hydrogen-bond acceptors (Lipinski definition) is 4. The molecule has 1 atom stereocenters. The van der Waals surface area contributed by atoms with Crippen LogP contribution in [0.3, 0.4) is 0 Å². The first-order valence-electron chi connectivity index (χ1n) is 7.37. The molecule has 0 saturated carbocycles.